The molecule has 2 rings (SSSR count). The minimum atomic E-state index is -0.493. The second kappa shape index (κ2) is 8.46. The number of nitro benzene ring substituents is 1. The molecule has 1 heterocycles. The number of amides is 3. The van der Waals surface area contributed by atoms with E-state index in [0.29, 0.717) is 44.7 Å². The minimum Gasteiger partial charge on any atom is -0.326 e. The van der Waals surface area contributed by atoms with Gasteiger partial charge in [-0.1, -0.05) is 6.07 Å². The van der Waals surface area contributed by atoms with Crippen LogP contribution in [0.2, 0.25) is 0 Å². The minimum absolute atomic E-state index is 0.0162. The van der Waals surface area contributed by atoms with Crippen LogP contribution in [0.25, 0.3) is 0 Å². The molecule has 0 saturated carbocycles. The van der Waals surface area contributed by atoms with Crippen LogP contribution in [0.15, 0.2) is 24.3 Å². The predicted molar refractivity (Wildman–Crippen MR) is 94.3 cm³/mol. The van der Waals surface area contributed by atoms with Crippen molar-refractivity contribution >= 4 is 23.3 Å². The number of urea groups is 1. The van der Waals surface area contributed by atoms with Crippen LogP contribution in [0.5, 0.6) is 0 Å². The number of hydrogen-bond acceptors (Lipinski definition) is 4. The summed E-state index contributed by atoms with van der Waals surface area (Å²) in [6.07, 6.45) is 1.18. The molecule has 0 aliphatic carbocycles. The zero-order valence-corrected chi connectivity index (χ0v) is 14.6. The van der Waals surface area contributed by atoms with Crippen molar-refractivity contribution in [3.05, 3.63) is 34.4 Å². The third-order valence-corrected chi connectivity index (χ3v) is 4.49. The van der Waals surface area contributed by atoms with Crippen molar-refractivity contribution in [2.75, 3.05) is 31.5 Å². The normalized spacial score (nSPS) is 14.9. The second-order valence-electron chi connectivity index (χ2n) is 6.01. The highest BCUT2D eigenvalue weighted by molar-refractivity contribution is 5.93. The Balaban J connectivity index is 1.90. The van der Waals surface area contributed by atoms with E-state index in [1.165, 1.54) is 12.1 Å². The molecule has 3 amide bonds. The van der Waals surface area contributed by atoms with Gasteiger partial charge in [0.05, 0.1) is 4.92 Å². The zero-order chi connectivity index (χ0) is 18.4. The first-order chi connectivity index (χ1) is 12.0. The zero-order valence-electron chi connectivity index (χ0n) is 14.6. The van der Waals surface area contributed by atoms with Gasteiger partial charge in [0.2, 0.25) is 5.91 Å². The molecule has 0 radical (unpaired) electrons. The Morgan fingerprint density at radius 3 is 2.48 bits per heavy atom. The summed E-state index contributed by atoms with van der Waals surface area (Å²) in [6.45, 7) is 6.32. The van der Waals surface area contributed by atoms with Crippen molar-refractivity contribution in [1.82, 2.24) is 9.80 Å². The van der Waals surface area contributed by atoms with Gasteiger partial charge in [0.25, 0.3) is 5.69 Å². The van der Waals surface area contributed by atoms with Gasteiger partial charge in [-0.15, -0.1) is 0 Å². The molecule has 0 atom stereocenters. The average Bonchev–Trinajstić information content (AvgIpc) is 2.63. The fourth-order valence-corrected chi connectivity index (χ4v) is 2.97. The number of anilines is 1. The number of nitro groups is 1. The Labute approximate surface area is 146 Å². The van der Waals surface area contributed by atoms with Crippen molar-refractivity contribution in [1.29, 1.82) is 0 Å². The smallest absolute Gasteiger partial charge is 0.319 e. The first-order valence-corrected chi connectivity index (χ1v) is 8.55. The van der Waals surface area contributed by atoms with E-state index in [-0.39, 0.29) is 23.5 Å². The Morgan fingerprint density at radius 2 is 1.92 bits per heavy atom. The van der Waals surface area contributed by atoms with Crippen molar-refractivity contribution in [2.24, 2.45) is 5.92 Å². The Hall–Kier alpha value is -2.64. The molecule has 25 heavy (non-hydrogen) atoms. The van der Waals surface area contributed by atoms with Crippen LogP contribution in [0.3, 0.4) is 0 Å². The molecular formula is C17H24N4O4. The fraction of sp³-hybridized carbons (Fsp3) is 0.529. The topological polar surface area (TPSA) is 95.8 Å². The van der Waals surface area contributed by atoms with Crippen LogP contribution in [-0.2, 0) is 4.79 Å². The van der Waals surface area contributed by atoms with E-state index in [1.54, 1.807) is 21.9 Å². The Morgan fingerprint density at radius 1 is 1.28 bits per heavy atom. The van der Waals surface area contributed by atoms with Crippen LogP contribution in [0.4, 0.5) is 16.2 Å². The molecule has 1 N–H and O–H groups in total. The fourth-order valence-electron chi connectivity index (χ4n) is 2.97. The molecule has 1 aliphatic heterocycles. The van der Waals surface area contributed by atoms with Gasteiger partial charge in [-0.05, 0) is 32.8 Å². The average molecular weight is 348 g/mol. The summed E-state index contributed by atoms with van der Waals surface area (Å²) in [5.74, 6) is -0.351. The molecular weight excluding hydrogens is 324 g/mol. The third-order valence-electron chi connectivity index (χ3n) is 4.49. The lowest BCUT2D eigenvalue weighted by atomic mass is 9.96. The van der Waals surface area contributed by atoms with Gasteiger partial charge in [-0.3, -0.25) is 14.9 Å². The molecule has 0 aromatic heterocycles. The predicted octanol–water partition coefficient (Wildman–Crippen LogP) is 2.71. The molecule has 1 saturated heterocycles. The third kappa shape index (κ3) is 4.68. The summed E-state index contributed by atoms with van der Waals surface area (Å²) in [5, 5.41) is 13.5. The molecule has 0 bridgehead atoms. The highest BCUT2D eigenvalue weighted by atomic mass is 16.6. The molecule has 0 unspecified atom stereocenters. The maximum Gasteiger partial charge on any atom is 0.319 e. The summed E-state index contributed by atoms with van der Waals surface area (Å²) in [6, 6.07) is 5.91. The van der Waals surface area contributed by atoms with E-state index in [9.17, 15) is 19.7 Å². The van der Waals surface area contributed by atoms with E-state index in [2.05, 4.69) is 5.32 Å². The maximum absolute atomic E-state index is 12.4. The van der Waals surface area contributed by atoms with Crippen LogP contribution in [-0.4, -0.2) is 52.8 Å². The van der Waals surface area contributed by atoms with E-state index in [0.717, 1.165) is 0 Å². The van der Waals surface area contributed by atoms with Gasteiger partial charge in [0.1, 0.15) is 0 Å². The molecule has 1 fully saturated rings. The highest BCUT2D eigenvalue weighted by Crippen LogP contribution is 2.22. The number of rotatable bonds is 5. The standard InChI is InChI=1S/C17H24N4O4/c1-3-19(4-2)17(23)20-10-8-13(9-11-20)16(22)18-14-6-5-7-15(12-14)21(24)25/h5-7,12-13H,3-4,8-11H2,1-2H3,(H,18,22). The Bertz CT molecular complexity index is 637. The number of piperidine rings is 1. The van der Waals surface area contributed by atoms with Gasteiger partial charge in [-0.2, -0.15) is 0 Å². The van der Waals surface area contributed by atoms with Gasteiger partial charge >= 0.3 is 6.03 Å². The van der Waals surface area contributed by atoms with Crippen LogP contribution < -0.4 is 5.32 Å². The second-order valence-corrected chi connectivity index (χ2v) is 6.01. The maximum atomic E-state index is 12.4. The van der Waals surface area contributed by atoms with Gasteiger partial charge in [0.15, 0.2) is 0 Å². The summed E-state index contributed by atoms with van der Waals surface area (Å²) < 4.78 is 0. The highest BCUT2D eigenvalue weighted by Gasteiger charge is 2.29. The van der Waals surface area contributed by atoms with E-state index >= 15 is 0 Å². The first kappa shape index (κ1) is 18.7. The summed E-state index contributed by atoms with van der Waals surface area (Å²) >= 11 is 0. The van der Waals surface area contributed by atoms with Crippen LogP contribution in [0, 0.1) is 16.0 Å². The van der Waals surface area contributed by atoms with Crippen molar-refractivity contribution in [2.45, 2.75) is 26.7 Å². The number of nitrogens with one attached hydrogen (secondary N) is 1. The quantitative estimate of drug-likeness (QED) is 0.653. The molecule has 1 aromatic carbocycles. The van der Waals surface area contributed by atoms with Crippen molar-refractivity contribution in [3.8, 4) is 0 Å². The molecule has 8 nitrogen and oxygen atoms in total. The molecule has 8 heteroatoms. The van der Waals surface area contributed by atoms with Crippen molar-refractivity contribution < 1.29 is 14.5 Å². The van der Waals surface area contributed by atoms with Crippen LogP contribution >= 0.6 is 0 Å². The summed E-state index contributed by atoms with van der Waals surface area (Å²) in [7, 11) is 0. The molecule has 0 spiro atoms. The summed E-state index contributed by atoms with van der Waals surface area (Å²) in [5.41, 5.74) is 0.360. The van der Waals surface area contributed by atoms with Gasteiger partial charge in [-0.25, -0.2) is 4.79 Å². The number of hydrogen-bond donors (Lipinski definition) is 1. The SMILES string of the molecule is CCN(CC)C(=O)N1CCC(C(=O)Nc2cccc([N+](=O)[O-])c2)CC1. The lowest BCUT2D eigenvalue weighted by Gasteiger charge is -2.34. The monoisotopic (exact) mass is 348 g/mol. The van der Waals surface area contributed by atoms with Gasteiger partial charge < -0.3 is 15.1 Å². The van der Waals surface area contributed by atoms with E-state index in [4.69, 9.17) is 0 Å². The van der Waals surface area contributed by atoms with E-state index < -0.39 is 4.92 Å². The van der Waals surface area contributed by atoms with Crippen molar-refractivity contribution in [3.63, 3.8) is 0 Å². The molecule has 1 aliphatic rings. The lowest BCUT2D eigenvalue weighted by molar-refractivity contribution is -0.384. The molecule has 136 valence electrons. The first-order valence-electron chi connectivity index (χ1n) is 8.55. The number of benzene rings is 1. The number of carbonyl (C=O) groups excluding carboxylic acids is 2. The van der Waals surface area contributed by atoms with Gasteiger partial charge in [0, 0.05) is 49.9 Å². The number of likely N-dealkylation sites (tertiary alicyclic amines) is 1. The van der Waals surface area contributed by atoms with Crippen LogP contribution in [0.1, 0.15) is 26.7 Å². The van der Waals surface area contributed by atoms with E-state index in [1.807, 2.05) is 13.8 Å². The largest absolute Gasteiger partial charge is 0.326 e. The Kier molecular flexibility index (Phi) is 6.32. The number of carbonyl (C=O) groups is 2. The number of non-ortho nitro benzene ring substituents is 1. The number of nitrogens with zero attached hydrogens (tertiary/aromatic N) is 3. The summed E-state index contributed by atoms with van der Waals surface area (Å²) in [4.78, 5) is 38.5. The molecule has 1 aromatic rings. The lowest BCUT2D eigenvalue weighted by Crippen LogP contribution is -2.47.